The third-order valence-electron chi connectivity index (χ3n) is 9.74. The summed E-state index contributed by atoms with van der Waals surface area (Å²) in [5.41, 5.74) is 5.40. The fourth-order valence-electron chi connectivity index (χ4n) is 8.14. The van der Waals surface area contributed by atoms with Crippen LogP contribution in [0, 0.1) is 29.2 Å². The van der Waals surface area contributed by atoms with Crippen molar-refractivity contribution in [1.29, 1.82) is 0 Å². The Bertz CT molecular complexity index is 1350. The van der Waals surface area contributed by atoms with Gasteiger partial charge in [-0.2, -0.15) is 6.08 Å². The largest absolute Gasteiger partial charge is 1.00 e. The molecule has 5 aliphatic carbocycles. The number of allylic oxidation sites excluding steroid dienone is 4. The first kappa shape index (κ1) is 35.6. The zero-order valence-corrected chi connectivity index (χ0v) is 31.1. The molecule has 0 aliphatic heterocycles. The predicted octanol–water partition coefficient (Wildman–Crippen LogP) is 4.95. The van der Waals surface area contributed by atoms with E-state index in [1.165, 1.54) is 55.1 Å². The first-order valence-electron chi connectivity index (χ1n) is 15.7. The van der Waals surface area contributed by atoms with Crippen molar-refractivity contribution in [2.45, 2.75) is 111 Å². The third-order valence-corrected chi connectivity index (χ3v) is 9.74. The van der Waals surface area contributed by atoms with Crippen LogP contribution in [-0.4, -0.2) is 3.21 Å². The molecule has 0 N–H and O–H groups in total. The van der Waals surface area contributed by atoms with Crippen LogP contribution in [0.2, 0.25) is 0 Å². The quantitative estimate of drug-likeness (QED) is 0.320. The Kier molecular flexibility index (Phi) is 11.6. The molecule has 0 heterocycles. The van der Waals surface area contributed by atoms with Crippen molar-refractivity contribution in [1.82, 2.24) is 0 Å². The number of rotatable bonds is 1. The molecule has 3 heteroatoms. The molecule has 0 aromatic heterocycles. The molecule has 0 unspecified atom stereocenters. The molecule has 4 fully saturated rings. The minimum absolute atomic E-state index is 0. The van der Waals surface area contributed by atoms with Gasteiger partial charge in [0.2, 0.25) is 0 Å². The second kappa shape index (κ2) is 13.6. The summed E-state index contributed by atoms with van der Waals surface area (Å²) in [5, 5.41) is 5.49. The van der Waals surface area contributed by atoms with Gasteiger partial charge in [-0.15, -0.1) is 46.2 Å². The van der Waals surface area contributed by atoms with Crippen LogP contribution >= 0.6 is 0 Å². The third kappa shape index (κ3) is 7.85. The van der Waals surface area contributed by atoms with E-state index in [1.54, 1.807) is 49.1 Å². The van der Waals surface area contributed by atoms with Crippen LogP contribution in [0.3, 0.4) is 0 Å². The molecule has 4 saturated carbocycles. The smallest absolute Gasteiger partial charge is 0.0373 e. The van der Waals surface area contributed by atoms with Crippen molar-refractivity contribution < 1.29 is 49.0 Å². The summed E-state index contributed by atoms with van der Waals surface area (Å²) in [6.45, 7) is 17.9. The molecule has 0 radical (unpaired) electrons. The Hall–Kier alpha value is -0.877. The summed E-state index contributed by atoms with van der Waals surface area (Å²) in [6.07, 6.45) is 18.5. The zero-order valence-electron chi connectivity index (χ0n) is 27.1. The van der Waals surface area contributed by atoms with E-state index in [-0.39, 0.29) is 35.6 Å². The average molecular weight is 681 g/mol. The summed E-state index contributed by atoms with van der Waals surface area (Å²) >= 11 is 1.55. The number of benzene rings is 2. The van der Waals surface area contributed by atoms with Crippen molar-refractivity contribution >= 4 is 24.8 Å². The summed E-state index contributed by atoms with van der Waals surface area (Å²) in [4.78, 5) is 0. The van der Waals surface area contributed by atoms with Gasteiger partial charge in [-0.05, 0) is 72.5 Å². The topological polar surface area (TPSA) is 0 Å². The van der Waals surface area contributed by atoms with Crippen LogP contribution in [0.5, 0.6) is 0 Å². The molecule has 3 aromatic rings. The zero-order chi connectivity index (χ0) is 28.9. The van der Waals surface area contributed by atoms with Crippen molar-refractivity contribution in [2.24, 2.45) is 23.2 Å². The monoisotopic (exact) mass is 678 g/mol. The molecule has 0 amide bonds. The van der Waals surface area contributed by atoms with E-state index in [1.807, 2.05) is 0 Å². The van der Waals surface area contributed by atoms with Gasteiger partial charge in [-0.25, -0.2) is 11.6 Å². The van der Waals surface area contributed by atoms with Gasteiger partial charge in [-0.1, -0.05) is 76.9 Å². The van der Waals surface area contributed by atoms with Gasteiger partial charge in [-0.3, -0.25) is 6.08 Å². The molecule has 8 rings (SSSR count). The van der Waals surface area contributed by atoms with Gasteiger partial charge in [0.15, 0.2) is 0 Å². The van der Waals surface area contributed by atoms with Crippen molar-refractivity contribution in [3.05, 3.63) is 77.4 Å². The SMILES string of the molecule is CC(C)(C)c1ccc2[cH-]c3ccc(C(C)(C)C)cc3c2c1.C[C](C)=[Zr+2].[C-]1=C(C23CC4CC(CC(C4)C2)C3)C=CC1.[Cl-].[Cl-]. The minimum Gasteiger partial charge on any atom is -1.00 e. The van der Waals surface area contributed by atoms with Crippen molar-refractivity contribution in [3.63, 3.8) is 0 Å². The Morgan fingerprint density at radius 3 is 1.50 bits per heavy atom. The molecule has 5 aliphatic rings. The average Bonchev–Trinajstić information content (AvgIpc) is 3.50. The van der Waals surface area contributed by atoms with Crippen LogP contribution in [-0.2, 0) is 35.1 Å². The Morgan fingerprint density at radius 1 is 0.762 bits per heavy atom. The molecule has 42 heavy (non-hydrogen) atoms. The summed E-state index contributed by atoms with van der Waals surface area (Å²) in [5.74, 6) is 3.21. The van der Waals surface area contributed by atoms with E-state index in [9.17, 15) is 0 Å². The number of hydrogen-bond acceptors (Lipinski definition) is 0. The maximum Gasteiger partial charge on any atom is -0.0373 e. The van der Waals surface area contributed by atoms with Crippen LogP contribution in [0.4, 0.5) is 0 Å². The molecule has 4 bridgehead atoms. The van der Waals surface area contributed by atoms with Crippen LogP contribution in [0.25, 0.3) is 21.5 Å². The van der Waals surface area contributed by atoms with Crippen LogP contribution in [0.1, 0.15) is 111 Å². The Balaban J connectivity index is 0.000000202. The van der Waals surface area contributed by atoms with Crippen LogP contribution < -0.4 is 24.8 Å². The molecule has 0 spiro atoms. The fourth-order valence-corrected chi connectivity index (χ4v) is 8.14. The van der Waals surface area contributed by atoms with Gasteiger partial charge in [0.05, 0.1) is 0 Å². The van der Waals surface area contributed by atoms with Gasteiger partial charge < -0.3 is 24.8 Å². The van der Waals surface area contributed by atoms with Gasteiger partial charge in [0.1, 0.15) is 0 Å². The summed E-state index contributed by atoms with van der Waals surface area (Å²) < 4.78 is 1.51. The molecule has 0 saturated heterocycles. The van der Waals surface area contributed by atoms with E-state index in [4.69, 9.17) is 0 Å². The molecule has 0 atom stereocenters. The van der Waals surface area contributed by atoms with E-state index >= 15 is 0 Å². The second-order valence-electron chi connectivity index (χ2n) is 15.6. The van der Waals surface area contributed by atoms with Gasteiger partial charge >= 0.3 is 41.3 Å². The predicted molar refractivity (Wildman–Crippen MR) is 172 cm³/mol. The first-order chi connectivity index (χ1) is 18.7. The maximum absolute atomic E-state index is 3.62. The molecule has 226 valence electrons. The maximum atomic E-state index is 3.62. The van der Waals surface area contributed by atoms with E-state index in [0.29, 0.717) is 5.41 Å². The number of hydrogen-bond donors (Lipinski definition) is 0. The standard InChI is InChI=1S/C21H25.C15H19.C3H6.2ClH.Zr/c1-20(2,3)16-9-7-14-11-15-8-10-17(21(4,5)6)13-19(15)18(14)12-16;1-2-4-14(3-1)15-8-11-5-12(9-15)7-13(6-11)10-15;1-3-2;;;/h7-13H,1-6H3;1,3,11-13H,2,5-10H2;1-2H3;2*1H;/q2*-1;;;;+2/p-2. The Labute approximate surface area is 283 Å². The first-order valence-corrected chi connectivity index (χ1v) is 16.9. The van der Waals surface area contributed by atoms with E-state index in [0.717, 1.165) is 24.2 Å². The van der Waals surface area contributed by atoms with Crippen LogP contribution in [0.15, 0.2) is 60.2 Å². The summed E-state index contributed by atoms with van der Waals surface area (Å²) in [6, 6.07) is 16.1. The van der Waals surface area contributed by atoms with Crippen molar-refractivity contribution in [2.75, 3.05) is 0 Å². The number of fused-ring (bicyclic) bond motifs is 3. The number of halogens is 2. The van der Waals surface area contributed by atoms with Gasteiger partial charge in [0, 0.05) is 0 Å². The second-order valence-corrected chi connectivity index (χ2v) is 18.1. The molecular weight excluding hydrogens is 631 g/mol. The van der Waals surface area contributed by atoms with E-state index in [2.05, 4.69) is 116 Å². The summed E-state index contributed by atoms with van der Waals surface area (Å²) in [7, 11) is 0. The fraction of sp³-hybridized carbons (Fsp3) is 0.538. The molecule has 3 aromatic carbocycles. The Morgan fingerprint density at radius 2 is 1.17 bits per heavy atom. The molecular formula is C39H50Cl2Zr-2. The minimum atomic E-state index is 0. The molecule has 0 nitrogen and oxygen atoms in total. The van der Waals surface area contributed by atoms with Crippen molar-refractivity contribution in [3.8, 4) is 0 Å². The van der Waals surface area contributed by atoms with E-state index < -0.39 is 0 Å². The normalized spacial score (nSPS) is 25.6. The van der Waals surface area contributed by atoms with Gasteiger partial charge in [0.25, 0.3) is 0 Å².